The number of nitrogens with one attached hydrogen (secondary N) is 1. The molecule has 0 unspecified atom stereocenters. The molecule has 0 aromatic carbocycles. The van der Waals surface area contributed by atoms with Crippen LogP contribution < -0.4 is 5.32 Å². The van der Waals surface area contributed by atoms with Gasteiger partial charge in [0.25, 0.3) is 0 Å². The van der Waals surface area contributed by atoms with Crippen molar-refractivity contribution in [2.24, 2.45) is 0 Å². The van der Waals surface area contributed by atoms with Crippen molar-refractivity contribution in [3.63, 3.8) is 0 Å². The Kier molecular flexibility index (Phi) is 3.26. The molecule has 1 N–H and O–H groups in total. The zero-order chi connectivity index (χ0) is 12.1. The number of nitriles is 1. The number of nitrogens with zero attached hydrogens (tertiary/aromatic N) is 3. The molecule has 2 aromatic rings. The second-order valence-electron chi connectivity index (χ2n) is 3.36. The molecule has 0 aliphatic rings. The van der Waals surface area contributed by atoms with Crippen LogP contribution in [0.1, 0.15) is 11.3 Å². The van der Waals surface area contributed by atoms with E-state index in [2.05, 4.69) is 15.3 Å². The smallest absolute Gasteiger partial charge is 0.214 e. The lowest BCUT2D eigenvalue weighted by molar-refractivity contribution is 0.585. The van der Waals surface area contributed by atoms with E-state index in [1.165, 1.54) is 6.07 Å². The molecule has 5 heteroatoms. The van der Waals surface area contributed by atoms with Crippen LogP contribution in [-0.4, -0.2) is 9.97 Å². The van der Waals surface area contributed by atoms with E-state index in [0.717, 1.165) is 5.56 Å². The molecule has 84 valence electrons. The third kappa shape index (κ3) is 2.98. The van der Waals surface area contributed by atoms with Crippen molar-refractivity contribution in [2.75, 3.05) is 5.32 Å². The van der Waals surface area contributed by atoms with Gasteiger partial charge in [0.15, 0.2) is 0 Å². The first-order valence-electron chi connectivity index (χ1n) is 4.99. The van der Waals surface area contributed by atoms with Crippen LogP contribution in [-0.2, 0) is 6.54 Å². The quantitative estimate of drug-likeness (QED) is 0.817. The third-order valence-corrected chi connectivity index (χ3v) is 2.13. The summed E-state index contributed by atoms with van der Waals surface area (Å²) >= 11 is 0. The van der Waals surface area contributed by atoms with Gasteiger partial charge in [0.05, 0.1) is 0 Å². The summed E-state index contributed by atoms with van der Waals surface area (Å²) in [6, 6.07) is 9.96. The standard InChI is InChI=1S/C12H9FN4/c13-11-2-1-3-12(17-11)16-8-9-4-5-15-10(6-9)7-14/h1-6H,8H2,(H,16,17). The van der Waals surface area contributed by atoms with Gasteiger partial charge >= 0.3 is 0 Å². The topological polar surface area (TPSA) is 61.6 Å². The van der Waals surface area contributed by atoms with Gasteiger partial charge in [0, 0.05) is 12.7 Å². The summed E-state index contributed by atoms with van der Waals surface area (Å²) in [6.45, 7) is 0.466. The number of hydrogen-bond donors (Lipinski definition) is 1. The van der Waals surface area contributed by atoms with Crippen molar-refractivity contribution in [3.8, 4) is 6.07 Å². The number of aromatic nitrogens is 2. The maximum absolute atomic E-state index is 12.8. The molecule has 2 heterocycles. The van der Waals surface area contributed by atoms with Gasteiger partial charge in [-0.2, -0.15) is 9.65 Å². The second kappa shape index (κ2) is 5.03. The third-order valence-electron chi connectivity index (χ3n) is 2.13. The molecule has 0 aliphatic heterocycles. The number of pyridine rings is 2. The number of anilines is 1. The predicted octanol–water partition coefficient (Wildman–Crippen LogP) is 2.10. The lowest BCUT2D eigenvalue weighted by Gasteiger charge is -2.05. The fraction of sp³-hybridized carbons (Fsp3) is 0.0833. The lowest BCUT2D eigenvalue weighted by Crippen LogP contribution is -2.02. The highest BCUT2D eigenvalue weighted by atomic mass is 19.1. The first-order chi connectivity index (χ1) is 8.28. The Morgan fingerprint density at radius 3 is 3.00 bits per heavy atom. The SMILES string of the molecule is N#Cc1cc(CNc2cccc(F)n2)ccn1. The van der Waals surface area contributed by atoms with E-state index in [4.69, 9.17) is 5.26 Å². The fourth-order valence-electron chi connectivity index (χ4n) is 1.34. The Bertz CT molecular complexity index is 562. The lowest BCUT2D eigenvalue weighted by atomic mass is 10.2. The van der Waals surface area contributed by atoms with Gasteiger partial charge in [-0.3, -0.25) is 0 Å². The Hall–Kier alpha value is -2.48. The zero-order valence-electron chi connectivity index (χ0n) is 8.89. The van der Waals surface area contributed by atoms with E-state index in [9.17, 15) is 4.39 Å². The summed E-state index contributed by atoms with van der Waals surface area (Å²) in [5, 5.41) is 11.7. The highest BCUT2D eigenvalue weighted by Crippen LogP contribution is 2.07. The maximum Gasteiger partial charge on any atom is 0.214 e. The van der Waals surface area contributed by atoms with Crippen LogP contribution in [0.5, 0.6) is 0 Å². The minimum absolute atomic E-state index is 0.358. The van der Waals surface area contributed by atoms with Crippen LogP contribution in [0.2, 0.25) is 0 Å². The molecule has 0 spiro atoms. The predicted molar refractivity (Wildman–Crippen MR) is 60.5 cm³/mol. The Labute approximate surface area is 97.8 Å². The van der Waals surface area contributed by atoms with Crippen molar-refractivity contribution in [1.29, 1.82) is 5.26 Å². The first-order valence-corrected chi connectivity index (χ1v) is 4.99. The van der Waals surface area contributed by atoms with Crippen molar-refractivity contribution >= 4 is 5.82 Å². The Morgan fingerprint density at radius 2 is 2.24 bits per heavy atom. The van der Waals surface area contributed by atoms with Crippen LogP contribution in [0.25, 0.3) is 0 Å². The number of halogens is 1. The van der Waals surface area contributed by atoms with Crippen molar-refractivity contribution < 1.29 is 4.39 Å². The van der Waals surface area contributed by atoms with E-state index in [0.29, 0.717) is 18.1 Å². The summed E-state index contributed by atoms with van der Waals surface area (Å²) in [6.07, 6.45) is 1.56. The van der Waals surface area contributed by atoms with Crippen LogP contribution in [0.4, 0.5) is 10.2 Å². The van der Waals surface area contributed by atoms with Gasteiger partial charge in [0.2, 0.25) is 5.95 Å². The van der Waals surface area contributed by atoms with Crippen LogP contribution in [0.3, 0.4) is 0 Å². The van der Waals surface area contributed by atoms with Gasteiger partial charge in [-0.1, -0.05) is 6.07 Å². The Morgan fingerprint density at radius 1 is 1.35 bits per heavy atom. The summed E-state index contributed by atoms with van der Waals surface area (Å²) in [4.78, 5) is 7.53. The van der Waals surface area contributed by atoms with E-state index >= 15 is 0 Å². The highest BCUT2D eigenvalue weighted by Gasteiger charge is 1.98. The molecule has 2 aromatic heterocycles. The molecule has 2 rings (SSSR count). The summed E-state index contributed by atoms with van der Waals surface area (Å²) in [7, 11) is 0. The molecular formula is C12H9FN4. The van der Waals surface area contributed by atoms with Gasteiger partial charge in [-0.05, 0) is 29.8 Å². The molecule has 0 fully saturated rings. The van der Waals surface area contributed by atoms with Gasteiger partial charge in [-0.25, -0.2) is 9.97 Å². The minimum Gasteiger partial charge on any atom is -0.366 e. The average molecular weight is 228 g/mol. The van der Waals surface area contributed by atoms with E-state index < -0.39 is 5.95 Å². The molecular weight excluding hydrogens is 219 g/mol. The molecule has 0 saturated heterocycles. The molecule has 0 amide bonds. The summed E-state index contributed by atoms with van der Waals surface area (Å²) in [5.74, 6) is -0.0669. The maximum atomic E-state index is 12.8. The Balaban J connectivity index is 2.05. The van der Waals surface area contributed by atoms with E-state index in [1.54, 1.807) is 30.5 Å². The van der Waals surface area contributed by atoms with E-state index in [-0.39, 0.29) is 0 Å². The zero-order valence-corrected chi connectivity index (χ0v) is 8.89. The summed E-state index contributed by atoms with van der Waals surface area (Å²) < 4.78 is 12.8. The molecule has 17 heavy (non-hydrogen) atoms. The molecule has 0 aliphatic carbocycles. The average Bonchev–Trinajstić information content (AvgIpc) is 2.37. The van der Waals surface area contributed by atoms with E-state index in [1.807, 2.05) is 6.07 Å². The minimum atomic E-state index is -0.526. The van der Waals surface area contributed by atoms with Crippen LogP contribution in [0.15, 0.2) is 36.5 Å². The summed E-state index contributed by atoms with van der Waals surface area (Å²) in [5.41, 5.74) is 1.25. The molecule has 0 bridgehead atoms. The van der Waals surface area contributed by atoms with Crippen molar-refractivity contribution in [3.05, 3.63) is 53.7 Å². The van der Waals surface area contributed by atoms with Crippen molar-refractivity contribution in [1.82, 2.24) is 9.97 Å². The van der Waals surface area contributed by atoms with Crippen LogP contribution >= 0.6 is 0 Å². The molecule has 0 atom stereocenters. The van der Waals surface area contributed by atoms with Crippen molar-refractivity contribution in [2.45, 2.75) is 6.54 Å². The van der Waals surface area contributed by atoms with Gasteiger partial charge < -0.3 is 5.32 Å². The second-order valence-corrected chi connectivity index (χ2v) is 3.36. The highest BCUT2D eigenvalue weighted by molar-refractivity contribution is 5.35. The molecule has 4 nitrogen and oxygen atoms in total. The van der Waals surface area contributed by atoms with Crippen LogP contribution in [0, 0.1) is 17.3 Å². The number of hydrogen-bond acceptors (Lipinski definition) is 4. The largest absolute Gasteiger partial charge is 0.366 e. The fourth-order valence-corrected chi connectivity index (χ4v) is 1.34. The number of rotatable bonds is 3. The first kappa shape index (κ1) is 11.0. The van der Waals surface area contributed by atoms with Gasteiger partial charge in [-0.15, -0.1) is 0 Å². The normalized spacial score (nSPS) is 9.65. The monoisotopic (exact) mass is 228 g/mol. The molecule has 0 saturated carbocycles. The molecule has 0 radical (unpaired) electrons. The van der Waals surface area contributed by atoms with Gasteiger partial charge in [0.1, 0.15) is 17.6 Å².